The Bertz CT molecular complexity index is 8.00. The van der Waals surface area contributed by atoms with Crippen LogP contribution in [-0.4, -0.2) is 12.5 Å². The van der Waals surface area contributed by atoms with Crippen molar-refractivity contribution in [2.75, 3.05) is 7.05 Å². The van der Waals surface area contributed by atoms with Gasteiger partial charge in [-0.1, -0.05) is 0 Å². The van der Waals surface area contributed by atoms with Gasteiger partial charge < -0.3 is 28.2 Å². The first kappa shape index (κ1) is 26.0. The van der Waals surface area contributed by atoms with Crippen LogP contribution in [0, 0.1) is 0 Å². The summed E-state index contributed by atoms with van der Waals surface area (Å²) < 4.78 is 0. The van der Waals surface area contributed by atoms with E-state index in [0.717, 1.165) is 0 Å². The quantitative estimate of drug-likeness (QED) is 0.341. The molecule has 0 aliphatic carbocycles. The van der Waals surface area contributed by atoms with E-state index in [4.69, 9.17) is 0 Å². The molecule has 0 atom stereocenters. The highest BCUT2D eigenvalue weighted by atomic mass is 79.9. The predicted molar refractivity (Wildman–Crippen MR) is 12.4 cm³/mol. The van der Waals surface area contributed by atoms with Crippen molar-refractivity contribution in [2.45, 2.75) is 0 Å². The summed E-state index contributed by atoms with van der Waals surface area (Å²) in [6.07, 6.45) is 0. The van der Waals surface area contributed by atoms with Crippen LogP contribution in [0.2, 0.25) is 0 Å². The number of hydrogen-bond donors (Lipinski definition) is 1. The van der Waals surface area contributed by atoms with Gasteiger partial charge in [-0.25, -0.2) is 0 Å². The van der Waals surface area contributed by atoms with Gasteiger partial charge in [0.25, 0.3) is 0 Å². The molecule has 30 valence electrons. The van der Waals surface area contributed by atoms with Crippen LogP contribution >= 0.6 is 0 Å². The molecule has 0 spiro atoms. The van der Waals surface area contributed by atoms with Crippen LogP contribution in [0.5, 0.6) is 0 Å². The van der Waals surface area contributed by atoms with Gasteiger partial charge in [-0.2, -0.15) is 0 Å². The van der Waals surface area contributed by atoms with E-state index in [1.165, 1.54) is 0 Å². The van der Waals surface area contributed by atoms with Gasteiger partial charge in [0.05, 0.1) is 7.05 Å². The Morgan fingerprint density at radius 1 is 1.25 bits per heavy atom. The van der Waals surface area contributed by atoms with Crippen LogP contribution < -0.4 is 22.7 Å². The van der Waals surface area contributed by atoms with Crippen molar-refractivity contribution in [3.8, 4) is 0 Å². The maximum Gasteiger partial charge on any atom is 0.0634 e. The van der Waals surface area contributed by atoms with E-state index in [1.807, 2.05) is 0 Å². The Morgan fingerprint density at radius 3 is 1.25 bits per heavy atom. The minimum Gasteiger partial charge on any atom is -1.00 e. The van der Waals surface area contributed by atoms with E-state index < -0.39 is 0 Å². The summed E-state index contributed by atoms with van der Waals surface area (Å²) in [6.45, 7) is 0. The van der Waals surface area contributed by atoms with E-state index in [2.05, 4.69) is 5.73 Å². The zero-order valence-electron chi connectivity index (χ0n) is 2.59. The summed E-state index contributed by atoms with van der Waals surface area (Å²) in [5.74, 6) is 0. The summed E-state index contributed by atoms with van der Waals surface area (Å²) in [6, 6.07) is 0. The first-order valence-corrected chi connectivity index (χ1v) is 0.707. The van der Waals surface area contributed by atoms with Crippen molar-refractivity contribution >= 4 is 0 Å². The molecule has 0 radical (unpaired) electrons. The van der Waals surface area contributed by atoms with Crippen LogP contribution in [0.15, 0.2) is 0 Å². The van der Waals surface area contributed by atoms with Crippen molar-refractivity contribution in [3.05, 3.63) is 0 Å². The first-order valence-electron chi connectivity index (χ1n) is 0.707. The molecule has 0 rings (SSSR count). The second kappa shape index (κ2) is 122. The zero-order valence-corrected chi connectivity index (χ0v) is 4.17. The predicted octanol–water partition coefficient (Wildman–Crippen LogP) is -4.96. The van der Waals surface area contributed by atoms with Crippen LogP contribution in [-0.2, 0) is 0 Å². The van der Waals surface area contributed by atoms with Crippen molar-refractivity contribution in [1.29, 1.82) is 0 Å². The molecule has 0 aliphatic rings. The highest BCUT2D eigenvalue weighted by Gasteiger charge is 0.874. The fourth-order valence-corrected chi connectivity index (χ4v) is 0. The molecular weight excluding hydrogens is 122 g/mol. The van der Waals surface area contributed by atoms with Crippen LogP contribution in [0.1, 0.15) is 0 Å². The maximum atomic E-state index is 3.25. The van der Waals surface area contributed by atoms with Crippen LogP contribution in [0.25, 0.3) is 0 Å². The van der Waals surface area contributed by atoms with Gasteiger partial charge in [0.1, 0.15) is 0 Å². The maximum absolute atomic E-state index is 3.25. The Kier molecular flexibility index (Phi) is 794. The standard InChI is InChI=1S/CH5N.BrH.H2O/c1-2;;/h2H2,1H3;1H;1H2. The smallest absolute Gasteiger partial charge is 0.0634 e. The molecule has 3 heteroatoms. The Labute approximate surface area is 36.1 Å². The lowest BCUT2D eigenvalue weighted by atomic mass is 11.6. The molecule has 0 aromatic carbocycles. The zero-order chi connectivity index (χ0) is 2.00. The van der Waals surface area contributed by atoms with E-state index in [1.54, 1.807) is 7.05 Å². The molecule has 0 fully saturated rings. The number of quaternary nitrogens is 1. The van der Waals surface area contributed by atoms with Gasteiger partial charge in [-0.05, 0) is 0 Å². The molecule has 0 saturated carbocycles. The monoisotopic (exact) mass is 129 g/mol. The SMILES string of the molecule is C[NH3+].O.[Br-]. The number of halogens is 1. The fraction of sp³-hybridized carbons (Fsp3) is 1.00. The molecule has 0 amide bonds. The third kappa shape index (κ3) is 29.4. The van der Waals surface area contributed by atoms with E-state index in [0.29, 0.717) is 0 Å². The Balaban J connectivity index is -0.00000000500. The summed E-state index contributed by atoms with van der Waals surface area (Å²) in [4.78, 5) is 0. The molecule has 0 heterocycles. The fourth-order valence-electron chi connectivity index (χ4n) is 0. The molecule has 5 N–H and O–H groups in total. The van der Waals surface area contributed by atoms with Gasteiger partial charge in [-0.3, -0.25) is 0 Å². The average Bonchev–Trinajstić information content (AvgIpc) is 1.00. The van der Waals surface area contributed by atoms with Crippen LogP contribution in [0.3, 0.4) is 0 Å². The number of hydrogen-bond acceptors (Lipinski definition) is 0. The van der Waals surface area contributed by atoms with E-state index >= 15 is 0 Å². The molecule has 0 aromatic heterocycles. The second-order valence-electron chi connectivity index (χ2n) is 0. The van der Waals surface area contributed by atoms with Gasteiger partial charge in [0.15, 0.2) is 0 Å². The lowest BCUT2D eigenvalue weighted by molar-refractivity contribution is -0.325. The largest absolute Gasteiger partial charge is 1.00 e. The lowest BCUT2D eigenvalue weighted by Crippen LogP contribution is -3.00. The van der Waals surface area contributed by atoms with Crippen molar-refractivity contribution in [2.24, 2.45) is 0 Å². The van der Waals surface area contributed by atoms with E-state index in [-0.39, 0.29) is 22.5 Å². The summed E-state index contributed by atoms with van der Waals surface area (Å²) in [5, 5.41) is 0. The third-order valence-electron chi connectivity index (χ3n) is 0. The topological polar surface area (TPSA) is 59.1 Å². The Hall–Kier alpha value is 0.400. The summed E-state index contributed by atoms with van der Waals surface area (Å²) in [7, 11) is 1.75. The second-order valence-corrected chi connectivity index (χ2v) is 0. The van der Waals surface area contributed by atoms with E-state index in [9.17, 15) is 0 Å². The molecule has 4 heavy (non-hydrogen) atoms. The molecule has 0 aliphatic heterocycles. The number of rotatable bonds is 0. The molecule has 0 bridgehead atoms. The summed E-state index contributed by atoms with van der Waals surface area (Å²) in [5.41, 5.74) is 3.25. The normalized spacial score (nSPS) is 1.50. The minimum absolute atomic E-state index is 0. The molecular formula is CH8BrNO. The van der Waals surface area contributed by atoms with Crippen molar-refractivity contribution < 1.29 is 28.2 Å². The molecule has 2 nitrogen and oxygen atoms in total. The lowest BCUT2D eigenvalue weighted by Gasteiger charge is -1.17. The highest BCUT2D eigenvalue weighted by Crippen LogP contribution is 0.251. The average molecular weight is 130 g/mol. The Morgan fingerprint density at radius 2 is 1.25 bits per heavy atom. The van der Waals surface area contributed by atoms with Crippen molar-refractivity contribution in [1.82, 2.24) is 0 Å². The molecule has 0 aromatic rings. The summed E-state index contributed by atoms with van der Waals surface area (Å²) >= 11 is 0. The van der Waals surface area contributed by atoms with Gasteiger partial charge in [0, 0.05) is 0 Å². The first-order chi connectivity index (χ1) is 1.00. The van der Waals surface area contributed by atoms with Gasteiger partial charge in [-0.15, -0.1) is 0 Å². The van der Waals surface area contributed by atoms with Gasteiger partial charge >= 0.3 is 0 Å². The highest BCUT2D eigenvalue weighted by molar-refractivity contribution is 3.08. The van der Waals surface area contributed by atoms with Crippen LogP contribution in [0.4, 0.5) is 0 Å². The van der Waals surface area contributed by atoms with Crippen molar-refractivity contribution in [3.63, 3.8) is 0 Å². The molecule has 0 unspecified atom stereocenters. The molecule has 0 saturated heterocycles. The third-order valence-corrected chi connectivity index (χ3v) is 0. The minimum atomic E-state index is 0. The van der Waals surface area contributed by atoms with Gasteiger partial charge in [0.2, 0.25) is 0 Å².